The van der Waals surface area contributed by atoms with Crippen LogP contribution in [0.4, 0.5) is 4.39 Å². The topological polar surface area (TPSA) is 42.0 Å². The van der Waals surface area contributed by atoms with Crippen molar-refractivity contribution in [3.05, 3.63) is 51.7 Å². The molecule has 1 N–H and O–H groups in total. The molecule has 0 saturated heterocycles. The summed E-state index contributed by atoms with van der Waals surface area (Å²) >= 11 is 1.49. The number of rotatable bonds is 3. The molecule has 5 heteroatoms. The number of aryl methyl sites for hydroxylation is 1. The number of aromatic nitrogens is 1. The third kappa shape index (κ3) is 2.73. The van der Waals surface area contributed by atoms with Crippen LogP contribution in [0.2, 0.25) is 0 Å². The van der Waals surface area contributed by atoms with Gasteiger partial charge in [0, 0.05) is 17.1 Å². The van der Waals surface area contributed by atoms with E-state index in [4.69, 9.17) is 0 Å². The third-order valence-corrected chi connectivity index (χ3v) is 3.55. The lowest BCUT2D eigenvalue weighted by Crippen LogP contribution is -2.26. The quantitative estimate of drug-likeness (QED) is 0.925. The van der Waals surface area contributed by atoms with E-state index in [0.29, 0.717) is 11.1 Å². The number of nitrogens with one attached hydrogen (secondary N) is 1. The molecule has 1 amide bonds. The summed E-state index contributed by atoms with van der Waals surface area (Å²) in [5, 5.41) is 5.54. The van der Waals surface area contributed by atoms with E-state index in [9.17, 15) is 9.18 Å². The summed E-state index contributed by atoms with van der Waals surface area (Å²) < 4.78 is 13.1. The van der Waals surface area contributed by atoms with Crippen molar-refractivity contribution in [2.75, 3.05) is 0 Å². The summed E-state index contributed by atoms with van der Waals surface area (Å²) in [5.41, 5.74) is 0.918. The second-order valence-corrected chi connectivity index (χ2v) is 4.96. The van der Waals surface area contributed by atoms with E-state index < -0.39 is 0 Å². The third-order valence-electron chi connectivity index (χ3n) is 2.59. The van der Waals surface area contributed by atoms with Gasteiger partial charge in [-0.15, -0.1) is 11.3 Å². The highest BCUT2D eigenvalue weighted by Crippen LogP contribution is 2.16. The first-order valence-corrected chi connectivity index (χ1v) is 6.42. The minimum atomic E-state index is -0.306. The van der Waals surface area contributed by atoms with E-state index in [1.165, 1.54) is 23.5 Å². The number of thiazole rings is 1. The number of hydrogen-bond donors (Lipinski definition) is 1. The van der Waals surface area contributed by atoms with Crippen LogP contribution in [0.5, 0.6) is 0 Å². The Hall–Kier alpha value is -1.75. The lowest BCUT2D eigenvalue weighted by atomic mass is 10.1. The van der Waals surface area contributed by atoms with Crippen LogP contribution in [0.3, 0.4) is 0 Å². The van der Waals surface area contributed by atoms with Crippen molar-refractivity contribution in [1.29, 1.82) is 0 Å². The van der Waals surface area contributed by atoms with E-state index in [1.54, 1.807) is 19.2 Å². The monoisotopic (exact) mass is 264 g/mol. The zero-order chi connectivity index (χ0) is 13.1. The molecule has 0 aliphatic heterocycles. The standard InChI is InChI=1S/C13H13FN2OS/c1-8-7-10(3-4-11(8)14)12(17)16-9(2)13-15-5-6-18-13/h3-7,9H,1-2H3,(H,16,17). The van der Waals surface area contributed by atoms with Crippen LogP contribution in [0, 0.1) is 12.7 Å². The predicted molar refractivity (Wildman–Crippen MR) is 69.1 cm³/mol. The van der Waals surface area contributed by atoms with Crippen LogP contribution in [0.15, 0.2) is 29.8 Å². The fraction of sp³-hybridized carbons (Fsp3) is 0.231. The van der Waals surface area contributed by atoms with Crippen molar-refractivity contribution in [1.82, 2.24) is 10.3 Å². The van der Waals surface area contributed by atoms with Gasteiger partial charge in [0.25, 0.3) is 5.91 Å². The van der Waals surface area contributed by atoms with E-state index >= 15 is 0 Å². The molecule has 18 heavy (non-hydrogen) atoms. The highest BCUT2D eigenvalue weighted by Gasteiger charge is 2.13. The lowest BCUT2D eigenvalue weighted by molar-refractivity contribution is 0.0939. The molecular weight excluding hydrogens is 251 g/mol. The average Bonchev–Trinajstić information content (AvgIpc) is 2.86. The van der Waals surface area contributed by atoms with Gasteiger partial charge in [-0.25, -0.2) is 9.37 Å². The molecule has 3 nitrogen and oxygen atoms in total. The van der Waals surface area contributed by atoms with Gasteiger partial charge < -0.3 is 5.32 Å². The molecule has 1 aromatic carbocycles. The van der Waals surface area contributed by atoms with Gasteiger partial charge in [0.1, 0.15) is 10.8 Å². The zero-order valence-electron chi connectivity index (χ0n) is 10.1. The fourth-order valence-electron chi connectivity index (χ4n) is 1.58. The molecule has 2 rings (SSSR count). The summed E-state index contributed by atoms with van der Waals surface area (Å²) in [4.78, 5) is 16.1. The number of hydrogen-bond acceptors (Lipinski definition) is 3. The summed E-state index contributed by atoms with van der Waals surface area (Å²) in [7, 11) is 0. The first kappa shape index (κ1) is 12.7. The van der Waals surface area contributed by atoms with Crippen molar-refractivity contribution in [2.45, 2.75) is 19.9 Å². The van der Waals surface area contributed by atoms with E-state index in [0.717, 1.165) is 5.01 Å². The van der Waals surface area contributed by atoms with E-state index in [-0.39, 0.29) is 17.8 Å². The molecule has 1 heterocycles. The molecular formula is C13H13FN2OS. The molecule has 0 saturated carbocycles. The number of amides is 1. The summed E-state index contributed by atoms with van der Waals surface area (Å²) in [5.74, 6) is -0.527. The Morgan fingerprint density at radius 1 is 1.50 bits per heavy atom. The Morgan fingerprint density at radius 2 is 2.28 bits per heavy atom. The van der Waals surface area contributed by atoms with Crippen LogP contribution in [-0.2, 0) is 0 Å². The second kappa shape index (κ2) is 5.27. The molecule has 0 bridgehead atoms. The molecule has 0 spiro atoms. The van der Waals surface area contributed by atoms with Gasteiger partial charge in [-0.1, -0.05) is 0 Å². The van der Waals surface area contributed by atoms with Crippen molar-refractivity contribution >= 4 is 17.2 Å². The number of halogens is 1. The smallest absolute Gasteiger partial charge is 0.251 e. The Morgan fingerprint density at radius 3 is 2.89 bits per heavy atom. The minimum absolute atomic E-state index is 0.150. The first-order chi connectivity index (χ1) is 8.58. The van der Waals surface area contributed by atoms with Gasteiger partial charge in [-0.2, -0.15) is 0 Å². The van der Waals surface area contributed by atoms with Crippen molar-refractivity contribution in [2.24, 2.45) is 0 Å². The summed E-state index contributed by atoms with van der Waals surface area (Å²) in [6.45, 7) is 3.50. The van der Waals surface area contributed by atoms with Crippen molar-refractivity contribution in [3.63, 3.8) is 0 Å². The average molecular weight is 264 g/mol. The van der Waals surface area contributed by atoms with Crippen LogP contribution >= 0.6 is 11.3 Å². The zero-order valence-corrected chi connectivity index (χ0v) is 10.9. The van der Waals surface area contributed by atoms with Crippen LogP contribution in [-0.4, -0.2) is 10.9 Å². The maximum absolute atomic E-state index is 13.1. The van der Waals surface area contributed by atoms with Gasteiger partial charge in [0.05, 0.1) is 6.04 Å². The van der Waals surface area contributed by atoms with Gasteiger partial charge >= 0.3 is 0 Å². The number of benzene rings is 1. The highest BCUT2D eigenvalue weighted by molar-refractivity contribution is 7.09. The van der Waals surface area contributed by atoms with Crippen LogP contribution in [0.1, 0.15) is 33.9 Å². The Labute approximate surface area is 109 Å². The molecule has 94 valence electrons. The Kier molecular flexibility index (Phi) is 3.72. The minimum Gasteiger partial charge on any atom is -0.343 e. The van der Waals surface area contributed by atoms with Gasteiger partial charge in [-0.05, 0) is 37.6 Å². The fourth-order valence-corrected chi connectivity index (χ4v) is 2.22. The molecule has 1 atom stereocenters. The molecule has 0 aliphatic rings. The molecule has 0 aliphatic carbocycles. The van der Waals surface area contributed by atoms with E-state index in [1.807, 2.05) is 12.3 Å². The molecule has 0 fully saturated rings. The molecule has 0 radical (unpaired) electrons. The second-order valence-electron chi connectivity index (χ2n) is 4.03. The lowest BCUT2D eigenvalue weighted by Gasteiger charge is -2.11. The largest absolute Gasteiger partial charge is 0.343 e. The van der Waals surface area contributed by atoms with Gasteiger partial charge in [0.2, 0.25) is 0 Å². The van der Waals surface area contributed by atoms with Gasteiger partial charge in [0.15, 0.2) is 0 Å². The van der Waals surface area contributed by atoms with Crippen LogP contribution < -0.4 is 5.32 Å². The summed E-state index contributed by atoms with van der Waals surface area (Å²) in [6.07, 6.45) is 1.70. The SMILES string of the molecule is Cc1cc(C(=O)NC(C)c2nccs2)ccc1F. The maximum Gasteiger partial charge on any atom is 0.251 e. The molecule has 1 aromatic heterocycles. The van der Waals surface area contributed by atoms with Gasteiger partial charge in [-0.3, -0.25) is 4.79 Å². The molecule has 1 unspecified atom stereocenters. The molecule has 2 aromatic rings. The number of carbonyl (C=O) groups excluding carboxylic acids is 1. The Balaban J connectivity index is 2.10. The summed E-state index contributed by atoms with van der Waals surface area (Å²) in [6, 6.07) is 4.17. The van der Waals surface area contributed by atoms with Crippen molar-refractivity contribution in [3.8, 4) is 0 Å². The number of carbonyl (C=O) groups is 1. The normalized spacial score (nSPS) is 12.2. The predicted octanol–water partition coefficient (Wildman–Crippen LogP) is 3.08. The highest BCUT2D eigenvalue weighted by atomic mass is 32.1. The number of nitrogens with zero attached hydrogens (tertiary/aromatic N) is 1. The first-order valence-electron chi connectivity index (χ1n) is 5.54. The maximum atomic E-state index is 13.1. The van der Waals surface area contributed by atoms with Crippen LogP contribution in [0.25, 0.3) is 0 Å². The van der Waals surface area contributed by atoms with Crippen molar-refractivity contribution < 1.29 is 9.18 Å². The Bertz CT molecular complexity index is 554. The van der Waals surface area contributed by atoms with E-state index in [2.05, 4.69) is 10.3 Å².